The van der Waals surface area contributed by atoms with Gasteiger partial charge in [0.05, 0.1) is 22.1 Å². The first-order chi connectivity index (χ1) is 15.5. The summed E-state index contributed by atoms with van der Waals surface area (Å²) in [6.45, 7) is 7.00. The Kier molecular flexibility index (Phi) is 3.36. The second-order valence-electron chi connectivity index (χ2n) is 10.3. The van der Waals surface area contributed by atoms with Crippen molar-refractivity contribution in [1.29, 1.82) is 0 Å². The van der Waals surface area contributed by atoms with E-state index in [4.69, 9.17) is 4.98 Å². The number of fused-ring (bicyclic) bond motifs is 7. The zero-order chi connectivity index (χ0) is 21.6. The fourth-order valence-corrected chi connectivity index (χ4v) is 5.71. The molecule has 0 aliphatic rings. The van der Waals surface area contributed by atoms with Gasteiger partial charge >= 0.3 is 0 Å². The van der Waals surface area contributed by atoms with Crippen LogP contribution >= 0.6 is 0 Å². The van der Waals surface area contributed by atoms with Gasteiger partial charge in [-0.05, 0) is 51.8 Å². The second kappa shape index (κ2) is 5.98. The first-order valence-corrected chi connectivity index (χ1v) is 11.4. The van der Waals surface area contributed by atoms with E-state index in [1.807, 2.05) is 6.20 Å². The van der Waals surface area contributed by atoms with Gasteiger partial charge < -0.3 is 4.40 Å². The maximum atomic E-state index is 4.96. The van der Waals surface area contributed by atoms with E-state index in [1.54, 1.807) is 0 Å². The summed E-state index contributed by atoms with van der Waals surface area (Å²) in [5.41, 5.74) is 6.57. The molecule has 3 aromatic heterocycles. The van der Waals surface area contributed by atoms with Crippen LogP contribution < -0.4 is 0 Å². The highest BCUT2D eigenvalue weighted by atomic mass is 14.9. The third-order valence-corrected chi connectivity index (χ3v) is 6.88. The highest BCUT2D eigenvalue weighted by Crippen LogP contribution is 2.43. The molecule has 0 aliphatic heterocycles. The number of hydrogen-bond donors (Lipinski definition) is 0. The molecule has 32 heavy (non-hydrogen) atoms. The van der Waals surface area contributed by atoms with E-state index in [0.29, 0.717) is 0 Å². The Morgan fingerprint density at radius 1 is 0.719 bits per heavy atom. The van der Waals surface area contributed by atoms with Crippen molar-refractivity contribution in [1.82, 2.24) is 9.38 Å². The molecular formula is C30H24N2. The topological polar surface area (TPSA) is 17.3 Å². The van der Waals surface area contributed by atoms with Crippen molar-refractivity contribution in [2.75, 3.05) is 0 Å². The minimum Gasteiger partial charge on any atom is -0.308 e. The summed E-state index contributed by atoms with van der Waals surface area (Å²) in [7, 11) is 0. The Bertz CT molecular complexity index is 1830. The van der Waals surface area contributed by atoms with Gasteiger partial charge in [0.25, 0.3) is 0 Å². The van der Waals surface area contributed by atoms with Crippen LogP contribution in [0.25, 0.3) is 59.8 Å². The number of hydrogen-bond acceptors (Lipinski definition) is 1. The summed E-state index contributed by atoms with van der Waals surface area (Å²) in [6, 6.07) is 26.7. The van der Waals surface area contributed by atoms with Crippen LogP contribution in [-0.4, -0.2) is 9.38 Å². The predicted molar refractivity (Wildman–Crippen MR) is 137 cm³/mol. The van der Waals surface area contributed by atoms with Gasteiger partial charge in [0, 0.05) is 27.7 Å². The van der Waals surface area contributed by atoms with Crippen LogP contribution in [0.5, 0.6) is 0 Å². The van der Waals surface area contributed by atoms with Crippen molar-refractivity contribution in [3.8, 4) is 0 Å². The van der Waals surface area contributed by atoms with Gasteiger partial charge in [-0.1, -0.05) is 75.4 Å². The molecule has 3 heterocycles. The minimum absolute atomic E-state index is 0.163. The fourth-order valence-electron chi connectivity index (χ4n) is 5.71. The number of benzene rings is 4. The summed E-state index contributed by atoms with van der Waals surface area (Å²) >= 11 is 0. The van der Waals surface area contributed by atoms with E-state index in [-0.39, 0.29) is 5.41 Å². The van der Waals surface area contributed by atoms with Crippen LogP contribution in [0.2, 0.25) is 0 Å². The molecule has 0 radical (unpaired) electrons. The molecule has 0 bridgehead atoms. The van der Waals surface area contributed by atoms with Gasteiger partial charge in [0.2, 0.25) is 0 Å². The number of pyridine rings is 2. The first kappa shape index (κ1) is 18.0. The Balaban J connectivity index is 1.90. The van der Waals surface area contributed by atoms with Gasteiger partial charge in [0.15, 0.2) is 0 Å². The monoisotopic (exact) mass is 412 g/mol. The zero-order valence-corrected chi connectivity index (χ0v) is 18.6. The molecule has 0 atom stereocenters. The average molecular weight is 413 g/mol. The minimum atomic E-state index is 0.163. The van der Waals surface area contributed by atoms with E-state index in [0.717, 1.165) is 11.9 Å². The van der Waals surface area contributed by atoms with E-state index < -0.39 is 0 Å². The molecule has 4 aromatic carbocycles. The van der Waals surface area contributed by atoms with Crippen molar-refractivity contribution >= 4 is 59.8 Å². The average Bonchev–Trinajstić information content (AvgIpc) is 3.12. The summed E-state index contributed by atoms with van der Waals surface area (Å²) < 4.78 is 2.53. The molecular weight excluding hydrogens is 388 g/mol. The lowest BCUT2D eigenvalue weighted by Gasteiger charge is -2.23. The van der Waals surface area contributed by atoms with Gasteiger partial charge in [-0.15, -0.1) is 0 Å². The molecule has 2 nitrogen and oxygen atoms in total. The van der Waals surface area contributed by atoms with Crippen LogP contribution in [0.4, 0.5) is 0 Å². The fraction of sp³-hybridized carbons (Fsp3) is 0.167. The van der Waals surface area contributed by atoms with Crippen LogP contribution in [-0.2, 0) is 6.42 Å². The van der Waals surface area contributed by atoms with E-state index in [2.05, 4.69) is 98.0 Å². The number of aromatic nitrogens is 2. The molecule has 154 valence electrons. The normalized spacial score (nSPS) is 13.0. The smallest absolute Gasteiger partial charge is 0.0823 e. The zero-order valence-electron chi connectivity index (χ0n) is 18.6. The lowest BCUT2D eigenvalue weighted by Crippen LogP contribution is -2.11. The Morgan fingerprint density at radius 2 is 1.50 bits per heavy atom. The molecule has 7 aromatic rings. The maximum Gasteiger partial charge on any atom is 0.0823 e. The molecule has 0 fully saturated rings. The van der Waals surface area contributed by atoms with Crippen molar-refractivity contribution in [2.24, 2.45) is 5.41 Å². The number of rotatable bonds is 1. The standard InChI is InChI=1S/C30H24N2/c1-30(2,3)17-24-20-9-5-4-8-19(20)16-23-27-26-18(14-15-31-27)12-13-22-21-10-6-7-11-25(21)32(28(23)24)29(22)26/h4-16H,17H2,1-3H3. The SMILES string of the molecule is CC(C)(C)Cc1c2ccccc2cc2c3nccc4ccc5c6ccccc6n(c12)c5c43. The van der Waals surface area contributed by atoms with Crippen molar-refractivity contribution in [3.05, 3.63) is 84.6 Å². The van der Waals surface area contributed by atoms with Gasteiger partial charge in [-0.25, -0.2) is 0 Å². The van der Waals surface area contributed by atoms with E-state index >= 15 is 0 Å². The largest absolute Gasteiger partial charge is 0.308 e. The molecule has 2 heteroatoms. The lowest BCUT2D eigenvalue weighted by molar-refractivity contribution is 0.413. The Hall–Kier alpha value is -3.65. The van der Waals surface area contributed by atoms with Crippen LogP contribution in [0, 0.1) is 5.41 Å². The molecule has 0 unspecified atom stereocenters. The lowest BCUT2D eigenvalue weighted by atomic mass is 9.84. The number of nitrogens with zero attached hydrogens (tertiary/aromatic N) is 2. The summed E-state index contributed by atoms with van der Waals surface area (Å²) in [5, 5.41) is 9.02. The van der Waals surface area contributed by atoms with E-state index in [1.165, 1.54) is 59.8 Å². The summed E-state index contributed by atoms with van der Waals surface area (Å²) in [4.78, 5) is 4.96. The van der Waals surface area contributed by atoms with Crippen molar-refractivity contribution < 1.29 is 0 Å². The molecule has 0 saturated heterocycles. The van der Waals surface area contributed by atoms with E-state index in [9.17, 15) is 0 Å². The van der Waals surface area contributed by atoms with Crippen molar-refractivity contribution in [2.45, 2.75) is 27.2 Å². The van der Waals surface area contributed by atoms with Gasteiger partial charge in [-0.2, -0.15) is 0 Å². The molecule has 0 spiro atoms. The summed E-state index contributed by atoms with van der Waals surface area (Å²) in [5.74, 6) is 0. The Labute approximate surface area is 186 Å². The Morgan fingerprint density at radius 3 is 2.34 bits per heavy atom. The maximum absolute atomic E-state index is 4.96. The van der Waals surface area contributed by atoms with Crippen LogP contribution in [0.3, 0.4) is 0 Å². The quantitative estimate of drug-likeness (QED) is 0.196. The van der Waals surface area contributed by atoms with Crippen LogP contribution in [0.15, 0.2) is 79.0 Å². The molecule has 0 aliphatic carbocycles. The highest BCUT2D eigenvalue weighted by molar-refractivity contribution is 6.28. The predicted octanol–water partition coefficient (Wildman–Crippen LogP) is 8.13. The molecule has 0 saturated carbocycles. The second-order valence-corrected chi connectivity index (χ2v) is 10.3. The van der Waals surface area contributed by atoms with Gasteiger partial charge in [-0.3, -0.25) is 4.98 Å². The number of para-hydroxylation sites is 1. The molecule has 7 rings (SSSR count). The molecule has 0 N–H and O–H groups in total. The first-order valence-electron chi connectivity index (χ1n) is 11.4. The summed E-state index contributed by atoms with van der Waals surface area (Å²) in [6.07, 6.45) is 2.97. The van der Waals surface area contributed by atoms with Crippen molar-refractivity contribution in [3.63, 3.8) is 0 Å². The third kappa shape index (κ3) is 2.27. The third-order valence-electron chi connectivity index (χ3n) is 6.88. The molecule has 0 amide bonds. The highest BCUT2D eigenvalue weighted by Gasteiger charge is 2.23. The van der Waals surface area contributed by atoms with Crippen LogP contribution in [0.1, 0.15) is 26.3 Å². The van der Waals surface area contributed by atoms with Gasteiger partial charge in [0.1, 0.15) is 0 Å².